The fourth-order valence-corrected chi connectivity index (χ4v) is 6.94. The highest BCUT2D eigenvalue weighted by Crippen LogP contribution is 2.25. The van der Waals surface area contributed by atoms with Gasteiger partial charge in [-0.25, -0.2) is 0 Å². The van der Waals surface area contributed by atoms with Gasteiger partial charge in [0.15, 0.2) is 0 Å². The van der Waals surface area contributed by atoms with Gasteiger partial charge in [-0.3, -0.25) is 24.3 Å². The molecular formula is C31H48N4O3. The van der Waals surface area contributed by atoms with Gasteiger partial charge in [0.05, 0.1) is 6.54 Å². The molecule has 38 heavy (non-hydrogen) atoms. The first-order chi connectivity index (χ1) is 18.6. The Balaban J connectivity index is 0.938. The summed E-state index contributed by atoms with van der Waals surface area (Å²) in [6, 6.07) is 11.4. The van der Waals surface area contributed by atoms with E-state index in [1.165, 1.54) is 37.8 Å². The number of hydrogen-bond acceptors (Lipinski definition) is 6. The number of esters is 1. The molecular weight excluding hydrogens is 476 g/mol. The Morgan fingerprint density at radius 3 is 2.24 bits per heavy atom. The SMILES string of the molecule is O=C(CN1CCC(CCC(=O)N2CCN(C3CCN(Cc4ccccc4)C3)CC2)CC1)OC1CCCCC1. The smallest absolute Gasteiger partial charge is 0.320 e. The van der Waals surface area contributed by atoms with Gasteiger partial charge in [0.25, 0.3) is 0 Å². The van der Waals surface area contributed by atoms with E-state index < -0.39 is 0 Å². The first kappa shape index (κ1) is 27.6. The highest BCUT2D eigenvalue weighted by Gasteiger charge is 2.31. The Hall–Kier alpha value is -1.96. The monoisotopic (exact) mass is 524 g/mol. The van der Waals surface area contributed by atoms with Crippen LogP contribution in [0.5, 0.6) is 0 Å². The van der Waals surface area contributed by atoms with E-state index >= 15 is 0 Å². The molecule has 0 spiro atoms. The molecule has 3 aliphatic heterocycles. The van der Waals surface area contributed by atoms with E-state index in [1.54, 1.807) is 0 Å². The standard InChI is InChI=1S/C31H48N4O3/c36-30(12-11-26-13-16-32(17-14-26)25-31(37)38-29-9-5-2-6-10-29)35-21-19-34(20-22-35)28-15-18-33(24-28)23-27-7-3-1-4-8-27/h1,3-4,7-8,26,28-29H,2,5-6,9-25H2. The van der Waals surface area contributed by atoms with Gasteiger partial charge in [-0.05, 0) is 75.9 Å². The van der Waals surface area contributed by atoms with Crippen molar-refractivity contribution in [3.05, 3.63) is 35.9 Å². The van der Waals surface area contributed by atoms with Crippen molar-refractivity contribution in [1.82, 2.24) is 19.6 Å². The van der Waals surface area contributed by atoms with Gasteiger partial charge in [-0.2, -0.15) is 0 Å². The van der Waals surface area contributed by atoms with Crippen LogP contribution >= 0.6 is 0 Å². The lowest BCUT2D eigenvalue weighted by Crippen LogP contribution is -2.52. The maximum atomic E-state index is 13.0. The Bertz CT molecular complexity index is 874. The predicted molar refractivity (Wildman–Crippen MR) is 150 cm³/mol. The summed E-state index contributed by atoms with van der Waals surface area (Å²) in [6.07, 6.45) is 10.9. The van der Waals surface area contributed by atoms with Crippen LogP contribution in [-0.4, -0.2) is 103 Å². The van der Waals surface area contributed by atoms with Crippen LogP contribution in [0.15, 0.2) is 30.3 Å². The first-order valence-electron chi connectivity index (χ1n) is 15.3. The van der Waals surface area contributed by atoms with Crippen LogP contribution in [0.4, 0.5) is 0 Å². The van der Waals surface area contributed by atoms with Crippen LogP contribution in [0.1, 0.15) is 69.8 Å². The van der Waals surface area contributed by atoms with Crippen molar-refractivity contribution in [2.75, 3.05) is 58.9 Å². The zero-order chi connectivity index (χ0) is 26.2. The van der Waals surface area contributed by atoms with Gasteiger partial charge in [0.2, 0.25) is 5.91 Å². The van der Waals surface area contributed by atoms with Crippen molar-refractivity contribution >= 4 is 11.9 Å². The van der Waals surface area contributed by atoms with Crippen LogP contribution in [0.25, 0.3) is 0 Å². The maximum absolute atomic E-state index is 13.0. The van der Waals surface area contributed by atoms with Gasteiger partial charge in [0, 0.05) is 58.3 Å². The molecule has 7 heteroatoms. The summed E-state index contributed by atoms with van der Waals surface area (Å²) in [5, 5.41) is 0. The molecule has 7 nitrogen and oxygen atoms in total. The molecule has 1 amide bonds. The Morgan fingerprint density at radius 1 is 0.789 bits per heavy atom. The molecule has 1 aromatic rings. The summed E-state index contributed by atoms with van der Waals surface area (Å²) < 4.78 is 5.70. The number of nitrogens with zero attached hydrogens (tertiary/aromatic N) is 4. The van der Waals surface area contributed by atoms with Crippen molar-refractivity contribution in [2.45, 2.75) is 82.9 Å². The molecule has 4 fully saturated rings. The van der Waals surface area contributed by atoms with Gasteiger partial charge >= 0.3 is 5.97 Å². The number of amides is 1. The Morgan fingerprint density at radius 2 is 1.50 bits per heavy atom. The second-order valence-corrected chi connectivity index (χ2v) is 12.1. The van der Waals surface area contributed by atoms with Crippen LogP contribution < -0.4 is 0 Å². The lowest BCUT2D eigenvalue weighted by molar-refractivity contribution is -0.152. The van der Waals surface area contributed by atoms with Gasteiger partial charge in [-0.15, -0.1) is 0 Å². The van der Waals surface area contributed by atoms with Gasteiger partial charge in [0.1, 0.15) is 6.10 Å². The fourth-order valence-electron chi connectivity index (χ4n) is 6.94. The van der Waals surface area contributed by atoms with E-state index in [0.717, 1.165) is 84.5 Å². The quantitative estimate of drug-likeness (QED) is 0.459. The van der Waals surface area contributed by atoms with E-state index in [1.807, 2.05) is 0 Å². The second kappa shape index (κ2) is 13.9. The predicted octanol–water partition coefficient (Wildman–Crippen LogP) is 3.77. The third-order valence-electron chi connectivity index (χ3n) is 9.36. The highest BCUT2D eigenvalue weighted by molar-refractivity contribution is 5.76. The third kappa shape index (κ3) is 8.03. The lowest BCUT2D eigenvalue weighted by Gasteiger charge is -2.38. The average Bonchev–Trinajstić information content (AvgIpc) is 3.42. The van der Waals surface area contributed by atoms with Gasteiger partial charge < -0.3 is 9.64 Å². The Kier molecular flexibility index (Phi) is 10.1. The topological polar surface area (TPSA) is 56.3 Å². The summed E-state index contributed by atoms with van der Waals surface area (Å²) in [5.74, 6) is 0.881. The van der Waals surface area contributed by atoms with Crippen LogP contribution in [-0.2, 0) is 20.9 Å². The van der Waals surface area contributed by atoms with Crippen molar-refractivity contribution in [1.29, 1.82) is 0 Å². The van der Waals surface area contributed by atoms with E-state index in [9.17, 15) is 9.59 Å². The van der Waals surface area contributed by atoms with Crippen LogP contribution in [0.3, 0.4) is 0 Å². The summed E-state index contributed by atoms with van der Waals surface area (Å²) in [5.41, 5.74) is 1.39. The lowest BCUT2D eigenvalue weighted by atomic mass is 9.92. The summed E-state index contributed by atoms with van der Waals surface area (Å²) in [6.45, 7) is 9.41. The van der Waals surface area contributed by atoms with Crippen molar-refractivity contribution in [3.8, 4) is 0 Å². The molecule has 1 aliphatic carbocycles. The van der Waals surface area contributed by atoms with Crippen molar-refractivity contribution < 1.29 is 14.3 Å². The number of carbonyl (C=O) groups excluding carboxylic acids is 2. The minimum atomic E-state index is -0.0498. The molecule has 3 saturated heterocycles. The maximum Gasteiger partial charge on any atom is 0.320 e. The van der Waals surface area contributed by atoms with E-state index in [4.69, 9.17) is 4.74 Å². The molecule has 1 unspecified atom stereocenters. The normalized spacial score (nSPS) is 25.1. The molecule has 0 radical (unpaired) electrons. The minimum absolute atomic E-state index is 0.0498. The molecule has 0 N–H and O–H groups in total. The molecule has 4 aliphatic rings. The molecule has 0 bridgehead atoms. The first-order valence-corrected chi connectivity index (χ1v) is 15.3. The molecule has 1 saturated carbocycles. The minimum Gasteiger partial charge on any atom is -0.461 e. The number of likely N-dealkylation sites (tertiary alicyclic amines) is 2. The van der Waals surface area contributed by atoms with Crippen molar-refractivity contribution in [3.63, 3.8) is 0 Å². The molecule has 0 aromatic heterocycles. The summed E-state index contributed by atoms with van der Waals surface area (Å²) in [4.78, 5) is 34.8. The summed E-state index contributed by atoms with van der Waals surface area (Å²) in [7, 11) is 0. The molecule has 1 aromatic carbocycles. The zero-order valence-electron chi connectivity index (χ0n) is 23.3. The molecule has 1 atom stereocenters. The highest BCUT2D eigenvalue weighted by atomic mass is 16.5. The number of rotatable bonds is 9. The average molecular weight is 525 g/mol. The van der Waals surface area contributed by atoms with Gasteiger partial charge in [-0.1, -0.05) is 36.8 Å². The number of ether oxygens (including phenoxy) is 1. The van der Waals surface area contributed by atoms with Crippen LogP contribution in [0, 0.1) is 5.92 Å². The van der Waals surface area contributed by atoms with Crippen molar-refractivity contribution in [2.24, 2.45) is 5.92 Å². The third-order valence-corrected chi connectivity index (χ3v) is 9.36. The second-order valence-electron chi connectivity index (χ2n) is 12.1. The Labute approximate surface area is 229 Å². The van der Waals surface area contributed by atoms with Crippen LogP contribution in [0.2, 0.25) is 0 Å². The largest absolute Gasteiger partial charge is 0.461 e. The van der Waals surface area contributed by atoms with E-state index in [-0.39, 0.29) is 12.1 Å². The number of piperazine rings is 1. The number of carbonyl (C=O) groups is 2. The number of piperidine rings is 1. The summed E-state index contributed by atoms with van der Waals surface area (Å²) >= 11 is 0. The zero-order valence-corrected chi connectivity index (χ0v) is 23.3. The number of hydrogen-bond donors (Lipinski definition) is 0. The molecule has 210 valence electrons. The number of benzene rings is 1. The fraction of sp³-hybridized carbons (Fsp3) is 0.742. The molecule has 3 heterocycles. The van der Waals surface area contributed by atoms with E-state index in [2.05, 4.69) is 49.9 Å². The molecule has 5 rings (SSSR count). The van der Waals surface area contributed by atoms with E-state index in [0.29, 0.717) is 30.8 Å².